The molecule has 2 unspecified atom stereocenters. The van der Waals surface area contributed by atoms with Gasteiger partial charge in [0.05, 0.1) is 6.07 Å². The smallest absolute Gasteiger partial charge is 0.411 e. The van der Waals surface area contributed by atoms with Gasteiger partial charge in [0.1, 0.15) is 23.2 Å². The van der Waals surface area contributed by atoms with Gasteiger partial charge in [0, 0.05) is 25.6 Å². The zero-order valence-corrected chi connectivity index (χ0v) is 21.7. The molecule has 0 aromatic rings. The summed E-state index contributed by atoms with van der Waals surface area (Å²) < 4.78 is 5.64. The molecule has 0 bridgehead atoms. The molecule has 198 valence electrons. The summed E-state index contributed by atoms with van der Waals surface area (Å²) in [6.07, 6.45) is 5.65. The monoisotopic (exact) mass is 501 g/mol. The van der Waals surface area contributed by atoms with Gasteiger partial charge >= 0.3 is 6.09 Å². The number of hydrogen-bond donors (Lipinski definition) is 2. The van der Waals surface area contributed by atoms with Crippen LogP contribution in [0, 0.1) is 23.2 Å². The van der Waals surface area contributed by atoms with Crippen LogP contribution in [0.5, 0.6) is 0 Å². The number of carbonyl (C=O) groups is 4. The first kappa shape index (κ1) is 26.2. The first-order valence-corrected chi connectivity index (χ1v) is 13.3. The maximum Gasteiger partial charge on any atom is 0.411 e. The van der Waals surface area contributed by atoms with E-state index in [0.29, 0.717) is 51.2 Å². The fourth-order valence-electron chi connectivity index (χ4n) is 5.79. The van der Waals surface area contributed by atoms with Gasteiger partial charge in [0.2, 0.25) is 17.7 Å². The predicted octanol–water partition coefficient (Wildman–Crippen LogP) is 2.08. The summed E-state index contributed by atoms with van der Waals surface area (Å²) >= 11 is 0. The third kappa shape index (κ3) is 5.60. The Labute approximate surface area is 213 Å². The average molecular weight is 502 g/mol. The molecular weight excluding hydrogens is 462 g/mol. The van der Waals surface area contributed by atoms with Crippen LogP contribution in [0.2, 0.25) is 0 Å². The summed E-state index contributed by atoms with van der Waals surface area (Å²) in [5.74, 6) is -0.553. The Morgan fingerprint density at radius 2 is 1.92 bits per heavy atom. The Morgan fingerprint density at radius 1 is 1.17 bits per heavy atom. The zero-order valence-electron chi connectivity index (χ0n) is 21.7. The fraction of sp³-hybridized carbons (Fsp3) is 0.808. The number of nitrogens with zero attached hydrogens (tertiary/aromatic N) is 3. The molecule has 0 aromatic heterocycles. The van der Waals surface area contributed by atoms with E-state index in [0.717, 1.165) is 25.7 Å². The third-order valence-electron chi connectivity index (χ3n) is 7.87. The van der Waals surface area contributed by atoms with Gasteiger partial charge < -0.3 is 20.3 Å². The molecule has 1 aliphatic carbocycles. The summed E-state index contributed by atoms with van der Waals surface area (Å²) in [6, 6.07) is 0.629. The lowest BCUT2D eigenvalue weighted by atomic mass is 9.85. The van der Waals surface area contributed by atoms with Crippen molar-refractivity contribution in [2.24, 2.45) is 11.8 Å². The lowest BCUT2D eigenvalue weighted by Gasteiger charge is -2.43. The number of rotatable bonds is 7. The second-order valence-corrected chi connectivity index (χ2v) is 11.8. The highest BCUT2D eigenvalue weighted by Gasteiger charge is 2.56. The third-order valence-corrected chi connectivity index (χ3v) is 7.87. The number of nitriles is 1. The van der Waals surface area contributed by atoms with Crippen molar-refractivity contribution < 1.29 is 23.9 Å². The van der Waals surface area contributed by atoms with E-state index in [9.17, 15) is 24.4 Å². The minimum absolute atomic E-state index is 0.0878. The van der Waals surface area contributed by atoms with Gasteiger partial charge in [-0.2, -0.15) is 5.26 Å². The van der Waals surface area contributed by atoms with Gasteiger partial charge in [-0.05, 0) is 71.6 Å². The summed E-state index contributed by atoms with van der Waals surface area (Å²) in [5, 5.41) is 15.3. The first-order chi connectivity index (χ1) is 17.0. The van der Waals surface area contributed by atoms with Gasteiger partial charge in [-0.1, -0.05) is 12.8 Å². The number of ether oxygens (including phenoxy) is 1. The van der Waals surface area contributed by atoms with E-state index >= 15 is 0 Å². The van der Waals surface area contributed by atoms with Crippen LogP contribution in [0.1, 0.15) is 78.6 Å². The SMILES string of the molecule is CC(C)(C)OC(=O)N1CCCCC12CCN(C(CC1CC1)C(=O)N[C@H](C#N)C[C@@H]1CCNC1=O)C2=O. The van der Waals surface area contributed by atoms with Crippen molar-refractivity contribution in [1.82, 2.24) is 20.4 Å². The number of hydrogen-bond acceptors (Lipinski definition) is 6. The highest BCUT2D eigenvalue weighted by Crippen LogP contribution is 2.42. The zero-order chi connectivity index (χ0) is 26.1. The molecule has 3 heterocycles. The molecule has 4 aliphatic rings. The van der Waals surface area contributed by atoms with E-state index in [1.54, 1.807) is 30.6 Å². The molecule has 4 atom stereocenters. The minimum Gasteiger partial charge on any atom is -0.444 e. The van der Waals surface area contributed by atoms with Crippen molar-refractivity contribution in [3.05, 3.63) is 0 Å². The van der Waals surface area contributed by atoms with Gasteiger partial charge in [-0.3, -0.25) is 19.3 Å². The highest BCUT2D eigenvalue weighted by atomic mass is 16.6. The molecular formula is C26H39N5O5. The molecule has 0 aromatic carbocycles. The van der Waals surface area contributed by atoms with E-state index < -0.39 is 29.3 Å². The molecule has 3 aliphatic heterocycles. The van der Waals surface area contributed by atoms with Crippen LogP contribution in [0.3, 0.4) is 0 Å². The maximum atomic E-state index is 14.0. The van der Waals surface area contributed by atoms with Crippen molar-refractivity contribution in [2.75, 3.05) is 19.6 Å². The molecule has 3 saturated heterocycles. The van der Waals surface area contributed by atoms with Crippen LogP contribution in [0.25, 0.3) is 0 Å². The molecule has 1 spiro atoms. The highest BCUT2D eigenvalue weighted by molar-refractivity contribution is 5.96. The minimum atomic E-state index is -0.987. The Kier molecular flexibility index (Phi) is 7.48. The van der Waals surface area contributed by atoms with Crippen LogP contribution in [-0.4, -0.2) is 76.5 Å². The number of piperidine rings is 1. The molecule has 10 nitrogen and oxygen atoms in total. The Balaban J connectivity index is 1.50. The largest absolute Gasteiger partial charge is 0.444 e. The van der Waals surface area contributed by atoms with Crippen molar-refractivity contribution in [1.29, 1.82) is 5.26 Å². The second-order valence-electron chi connectivity index (χ2n) is 11.8. The number of carbonyl (C=O) groups excluding carboxylic acids is 4. The quantitative estimate of drug-likeness (QED) is 0.549. The topological polar surface area (TPSA) is 132 Å². The predicted molar refractivity (Wildman–Crippen MR) is 130 cm³/mol. The lowest BCUT2D eigenvalue weighted by molar-refractivity contribution is -0.146. The Bertz CT molecular complexity index is 936. The second kappa shape index (κ2) is 10.3. The van der Waals surface area contributed by atoms with Crippen LogP contribution < -0.4 is 10.6 Å². The fourth-order valence-corrected chi connectivity index (χ4v) is 5.79. The van der Waals surface area contributed by atoms with Crippen LogP contribution >= 0.6 is 0 Å². The molecule has 36 heavy (non-hydrogen) atoms. The van der Waals surface area contributed by atoms with E-state index in [4.69, 9.17) is 4.74 Å². The normalized spacial score (nSPS) is 28.0. The maximum absolute atomic E-state index is 14.0. The molecule has 4 fully saturated rings. The first-order valence-electron chi connectivity index (χ1n) is 13.3. The molecule has 10 heteroatoms. The summed E-state index contributed by atoms with van der Waals surface area (Å²) in [5.41, 5.74) is -1.66. The van der Waals surface area contributed by atoms with E-state index in [2.05, 4.69) is 16.7 Å². The number of likely N-dealkylation sites (tertiary alicyclic amines) is 2. The van der Waals surface area contributed by atoms with Crippen molar-refractivity contribution in [2.45, 2.75) is 102 Å². The molecule has 4 rings (SSSR count). The summed E-state index contributed by atoms with van der Waals surface area (Å²) in [6.45, 7) is 6.83. The standard InChI is InChI=1S/C26H39N5O5/c1-25(2,3)36-24(35)31-12-5-4-9-26(31)10-13-30(23(26)34)20(14-17-6-7-17)22(33)29-19(16-27)15-18-8-11-28-21(18)32/h17-20H,4-15H2,1-3H3,(H,28,32)(H,29,33)/t18-,19-,20?,26?/m0/s1. The van der Waals surface area contributed by atoms with Crippen molar-refractivity contribution in [3.63, 3.8) is 0 Å². The van der Waals surface area contributed by atoms with Crippen molar-refractivity contribution in [3.8, 4) is 6.07 Å². The Morgan fingerprint density at radius 3 is 2.53 bits per heavy atom. The molecule has 4 amide bonds. The van der Waals surface area contributed by atoms with E-state index in [-0.39, 0.29) is 30.1 Å². The molecule has 2 N–H and O–H groups in total. The number of amides is 4. The van der Waals surface area contributed by atoms with Crippen molar-refractivity contribution >= 4 is 23.8 Å². The van der Waals surface area contributed by atoms with Crippen LogP contribution in [0.4, 0.5) is 4.79 Å². The lowest BCUT2D eigenvalue weighted by Crippen LogP contribution is -2.61. The van der Waals surface area contributed by atoms with Crippen LogP contribution in [0.15, 0.2) is 0 Å². The summed E-state index contributed by atoms with van der Waals surface area (Å²) in [4.78, 5) is 55.7. The van der Waals surface area contributed by atoms with E-state index in [1.807, 2.05) is 0 Å². The molecule has 0 radical (unpaired) electrons. The molecule has 1 saturated carbocycles. The Hall–Kier alpha value is -2.83. The van der Waals surface area contributed by atoms with E-state index in [1.165, 1.54) is 0 Å². The van der Waals surface area contributed by atoms with Gasteiger partial charge in [-0.15, -0.1) is 0 Å². The average Bonchev–Trinajstić information content (AvgIpc) is 3.48. The van der Waals surface area contributed by atoms with Gasteiger partial charge in [-0.25, -0.2) is 4.79 Å². The summed E-state index contributed by atoms with van der Waals surface area (Å²) in [7, 11) is 0. The number of nitrogens with one attached hydrogen (secondary N) is 2. The van der Waals surface area contributed by atoms with Gasteiger partial charge in [0.25, 0.3) is 0 Å². The van der Waals surface area contributed by atoms with Crippen LogP contribution in [-0.2, 0) is 19.1 Å². The van der Waals surface area contributed by atoms with Gasteiger partial charge in [0.15, 0.2) is 0 Å².